The molecule has 0 spiro atoms. The summed E-state index contributed by atoms with van der Waals surface area (Å²) in [6.45, 7) is 12.6. The van der Waals surface area contributed by atoms with Gasteiger partial charge in [0, 0.05) is 37.0 Å². The molecule has 0 saturated carbocycles. The lowest BCUT2D eigenvalue weighted by atomic mass is 9.73. The van der Waals surface area contributed by atoms with E-state index in [0.29, 0.717) is 18.2 Å². The summed E-state index contributed by atoms with van der Waals surface area (Å²) >= 11 is 0. The Bertz CT molecular complexity index is 1120. The molecule has 1 heterocycles. The summed E-state index contributed by atoms with van der Waals surface area (Å²) in [5, 5.41) is 11.2. The van der Waals surface area contributed by atoms with E-state index in [1.165, 1.54) is 11.1 Å². The van der Waals surface area contributed by atoms with Gasteiger partial charge in [-0.25, -0.2) is 0 Å². The summed E-state index contributed by atoms with van der Waals surface area (Å²) in [4.78, 5) is 15.4. The number of esters is 1. The number of allylic oxidation sites excluding steroid dienone is 3. The van der Waals surface area contributed by atoms with Crippen LogP contribution in [0.1, 0.15) is 88.3 Å². The minimum absolute atomic E-state index is 0.0384. The Labute approximate surface area is 223 Å². The van der Waals surface area contributed by atoms with Crippen LogP contribution in [0.2, 0.25) is 0 Å². The minimum atomic E-state index is -0.221. The predicted molar refractivity (Wildman–Crippen MR) is 151 cm³/mol. The standard InChI is InChI=1S/C33H43NO3/c1-5-6-8-13-26-19-30(35)33(29-18-24(4)14-16-28(29)23(2)3)31(20-26)37-32(36)17-15-27-22-34(27)21-25-11-9-7-10-12-25/h7,9-12,18-20,27-29,35H,2,5-6,8,13-17,21-22H2,1,3-4H3/t27?,28-,29+,34?/m0/s1. The summed E-state index contributed by atoms with van der Waals surface area (Å²) in [5.41, 5.74) is 5.47. The smallest absolute Gasteiger partial charge is 0.311 e. The Kier molecular flexibility index (Phi) is 9.26. The SMILES string of the molecule is C=C(C)[C@@H]1CCC(C)=C[C@H]1c1c(O)cc(CCCCC)cc1OC(=O)CCC1CN1Cc1ccccc1. The highest BCUT2D eigenvalue weighted by atomic mass is 16.5. The molecule has 2 aromatic carbocycles. The average molecular weight is 502 g/mol. The molecular weight excluding hydrogens is 458 g/mol. The van der Waals surface area contributed by atoms with Crippen LogP contribution in [-0.2, 0) is 17.8 Å². The van der Waals surface area contributed by atoms with E-state index < -0.39 is 0 Å². The quantitative estimate of drug-likeness (QED) is 0.106. The zero-order valence-electron chi connectivity index (χ0n) is 22.8. The zero-order chi connectivity index (χ0) is 26.4. The molecule has 1 fully saturated rings. The average Bonchev–Trinajstić information content (AvgIpc) is 3.60. The molecular formula is C33H43NO3. The molecule has 0 radical (unpaired) electrons. The number of carbonyl (C=O) groups excluding carboxylic acids is 1. The molecule has 198 valence electrons. The van der Waals surface area contributed by atoms with Gasteiger partial charge in [0.25, 0.3) is 0 Å². The Balaban J connectivity index is 1.48. The van der Waals surface area contributed by atoms with Crippen molar-refractivity contribution < 1.29 is 14.6 Å². The number of rotatable bonds is 12. The van der Waals surface area contributed by atoms with Gasteiger partial charge < -0.3 is 9.84 Å². The molecule has 0 bridgehead atoms. The van der Waals surface area contributed by atoms with E-state index in [1.807, 2.05) is 18.2 Å². The number of carbonyl (C=O) groups is 1. The van der Waals surface area contributed by atoms with Gasteiger partial charge in [-0.05, 0) is 75.1 Å². The second-order valence-electron chi connectivity index (χ2n) is 11.1. The number of aromatic hydroxyl groups is 1. The highest BCUT2D eigenvalue weighted by Gasteiger charge is 2.34. The Morgan fingerprint density at radius 1 is 1.16 bits per heavy atom. The van der Waals surface area contributed by atoms with Crippen molar-refractivity contribution in [2.24, 2.45) is 5.92 Å². The molecule has 0 aromatic heterocycles. The van der Waals surface area contributed by atoms with E-state index in [1.54, 1.807) is 0 Å². The number of aryl methyl sites for hydroxylation is 1. The molecule has 1 N–H and O–H groups in total. The number of ether oxygens (including phenoxy) is 1. The first-order chi connectivity index (χ1) is 17.9. The highest BCUT2D eigenvalue weighted by molar-refractivity contribution is 5.73. The van der Waals surface area contributed by atoms with Crippen molar-refractivity contribution in [2.75, 3.05) is 6.54 Å². The first kappa shape index (κ1) is 27.2. The van der Waals surface area contributed by atoms with E-state index in [9.17, 15) is 9.90 Å². The fourth-order valence-corrected chi connectivity index (χ4v) is 5.68. The normalized spacial score (nSPS) is 22.8. The first-order valence-corrected chi connectivity index (χ1v) is 14.0. The molecule has 4 heteroatoms. The molecule has 4 atom stereocenters. The van der Waals surface area contributed by atoms with Gasteiger partial charge in [-0.2, -0.15) is 0 Å². The largest absolute Gasteiger partial charge is 0.507 e. The van der Waals surface area contributed by atoms with Gasteiger partial charge in [-0.15, -0.1) is 0 Å². The molecule has 1 aliphatic carbocycles. The monoisotopic (exact) mass is 501 g/mol. The topological polar surface area (TPSA) is 49.5 Å². The number of unbranched alkanes of at least 4 members (excludes halogenated alkanes) is 2. The Hall–Kier alpha value is -2.85. The van der Waals surface area contributed by atoms with Crippen LogP contribution >= 0.6 is 0 Å². The molecule has 37 heavy (non-hydrogen) atoms. The lowest BCUT2D eigenvalue weighted by Gasteiger charge is -2.32. The van der Waals surface area contributed by atoms with Crippen molar-refractivity contribution in [2.45, 2.75) is 90.6 Å². The number of hydrogen-bond acceptors (Lipinski definition) is 4. The van der Waals surface area contributed by atoms with Gasteiger partial charge in [0.1, 0.15) is 11.5 Å². The van der Waals surface area contributed by atoms with Gasteiger partial charge >= 0.3 is 5.97 Å². The third kappa shape index (κ3) is 7.35. The first-order valence-electron chi connectivity index (χ1n) is 14.0. The number of hydrogen-bond donors (Lipinski definition) is 1. The van der Waals surface area contributed by atoms with Crippen molar-refractivity contribution >= 4 is 5.97 Å². The molecule has 1 aliphatic heterocycles. The summed E-state index contributed by atoms with van der Waals surface area (Å²) in [7, 11) is 0. The second kappa shape index (κ2) is 12.6. The lowest BCUT2D eigenvalue weighted by Crippen LogP contribution is -2.19. The van der Waals surface area contributed by atoms with E-state index >= 15 is 0 Å². The molecule has 2 aromatic rings. The van der Waals surface area contributed by atoms with Gasteiger partial charge in [-0.1, -0.05) is 73.9 Å². The van der Waals surface area contributed by atoms with Gasteiger partial charge in [0.15, 0.2) is 0 Å². The molecule has 2 unspecified atom stereocenters. The van der Waals surface area contributed by atoms with Crippen LogP contribution < -0.4 is 4.74 Å². The number of phenols is 1. The summed E-state index contributed by atoms with van der Waals surface area (Å²) in [6, 6.07) is 14.8. The van der Waals surface area contributed by atoms with Crippen molar-refractivity contribution in [3.05, 3.63) is 83.0 Å². The maximum absolute atomic E-state index is 13.1. The molecule has 4 rings (SSSR count). The van der Waals surface area contributed by atoms with Crippen LogP contribution in [0.3, 0.4) is 0 Å². The highest BCUT2D eigenvalue weighted by Crippen LogP contribution is 2.47. The van der Waals surface area contributed by atoms with Crippen molar-refractivity contribution in [3.63, 3.8) is 0 Å². The predicted octanol–water partition coefficient (Wildman–Crippen LogP) is 7.71. The van der Waals surface area contributed by atoms with Crippen LogP contribution in [0.5, 0.6) is 11.5 Å². The molecule has 0 amide bonds. The zero-order valence-corrected chi connectivity index (χ0v) is 22.8. The van der Waals surface area contributed by atoms with Crippen LogP contribution in [0.25, 0.3) is 0 Å². The van der Waals surface area contributed by atoms with Crippen molar-refractivity contribution in [1.82, 2.24) is 4.90 Å². The minimum Gasteiger partial charge on any atom is -0.507 e. The molecule has 4 nitrogen and oxygen atoms in total. The number of phenolic OH excluding ortho intramolecular Hbond substituents is 1. The molecule has 1 saturated heterocycles. The number of benzene rings is 2. The lowest BCUT2D eigenvalue weighted by molar-refractivity contribution is -0.134. The van der Waals surface area contributed by atoms with Crippen molar-refractivity contribution in [3.8, 4) is 11.5 Å². The third-order valence-electron chi connectivity index (χ3n) is 7.92. The fraction of sp³-hybridized carbons (Fsp3) is 0.485. The Morgan fingerprint density at radius 3 is 2.68 bits per heavy atom. The van der Waals surface area contributed by atoms with Gasteiger partial charge in [-0.3, -0.25) is 9.69 Å². The fourth-order valence-electron chi connectivity index (χ4n) is 5.68. The molecule has 2 aliphatic rings. The maximum atomic E-state index is 13.1. The van der Waals surface area contributed by atoms with Gasteiger partial charge in [0.05, 0.1) is 0 Å². The van der Waals surface area contributed by atoms with Crippen LogP contribution in [0.15, 0.2) is 66.3 Å². The summed E-state index contributed by atoms with van der Waals surface area (Å²) < 4.78 is 6.05. The van der Waals surface area contributed by atoms with E-state index in [-0.39, 0.29) is 23.6 Å². The third-order valence-corrected chi connectivity index (χ3v) is 7.92. The Morgan fingerprint density at radius 2 is 1.95 bits per heavy atom. The van der Waals surface area contributed by atoms with E-state index in [4.69, 9.17) is 4.74 Å². The van der Waals surface area contributed by atoms with E-state index in [2.05, 4.69) is 62.6 Å². The van der Waals surface area contributed by atoms with Crippen LogP contribution in [0, 0.1) is 5.92 Å². The second-order valence-corrected chi connectivity index (χ2v) is 11.1. The van der Waals surface area contributed by atoms with Crippen LogP contribution in [-0.4, -0.2) is 28.6 Å². The summed E-state index contributed by atoms with van der Waals surface area (Å²) in [6.07, 6.45) is 9.62. The van der Waals surface area contributed by atoms with E-state index in [0.717, 1.165) is 74.7 Å². The summed E-state index contributed by atoms with van der Waals surface area (Å²) in [5.74, 6) is 0.715. The van der Waals surface area contributed by atoms with Crippen LogP contribution in [0.4, 0.5) is 0 Å². The maximum Gasteiger partial charge on any atom is 0.311 e. The van der Waals surface area contributed by atoms with Crippen molar-refractivity contribution in [1.29, 1.82) is 0 Å². The van der Waals surface area contributed by atoms with Gasteiger partial charge in [0.2, 0.25) is 0 Å². The number of nitrogens with zero attached hydrogens (tertiary/aromatic N) is 1.